The third-order valence-corrected chi connectivity index (χ3v) is 2.63. The van der Waals surface area contributed by atoms with Crippen molar-refractivity contribution >= 4 is 11.3 Å². The quantitative estimate of drug-likeness (QED) is 0.807. The van der Waals surface area contributed by atoms with Crippen LogP contribution in [0.1, 0.15) is 16.5 Å². The Bertz CT molecular complexity index is 394. The van der Waals surface area contributed by atoms with Crippen molar-refractivity contribution in [2.24, 2.45) is 7.05 Å². The number of hydrogen-bond acceptors (Lipinski definition) is 6. The van der Waals surface area contributed by atoms with E-state index in [-0.39, 0.29) is 0 Å². The maximum absolute atomic E-state index is 4.34. The summed E-state index contributed by atoms with van der Waals surface area (Å²) in [5.41, 5.74) is 1.06. The van der Waals surface area contributed by atoms with Crippen LogP contribution in [0.15, 0.2) is 5.38 Å². The molecule has 2 aromatic heterocycles. The topological polar surface area (TPSA) is 68.5 Å². The second kappa shape index (κ2) is 4.45. The van der Waals surface area contributed by atoms with Crippen molar-refractivity contribution < 1.29 is 0 Å². The predicted molar refractivity (Wildman–Crippen MR) is 56.2 cm³/mol. The van der Waals surface area contributed by atoms with E-state index in [1.54, 1.807) is 18.4 Å². The van der Waals surface area contributed by atoms with Gasteiger partial charge in [-0.1, -0.05) is 0 Å². The van der Waals surface area contributed by atoms with E-state index in [1.807, 2.05) is 12.3 Å². The first-order valence-electron chi connectivity index (χ1n) is 4.58. The van der Waals surface area contributed by atoms with Gasteiger partial charge in [0.25, 0.3) is 0 Å². The average molecular weight is 224 g/mol. The van der Waals surface area contributed by atoms with E-state index in [4.69, 9.17) is 0 Å². The van der Waals surface area contributed by atoms with Crippen molar-refractivity contribution in [3.05, 3.63) is 21.9 Å². The normalized spacial score (nSPS) is 10.8. The van der Waals surface area contributed by atoms with Gasteiger partial charge in [0.05, 0.1) is 24.3 Å². The molecule has 0 atom stereocenters. The molecule has 80 valence electrons. The maximum Gasteiger partial charge on any atom is 0.188 e. The van der Waals surface area contributed by atoms with Gasteiger partial charge in [0.2, 0.25) is 0 Å². The van der Waals surface area contributed by atoms with Crippen LogP contribution in [0.3, 0.4) is 0 Å². The fourth-order valence-corrected chi connectivity index (χ4v) is 1.80. The molecule has 0 unspecified atom stereocenters. The van der Waals surface area contributed by atoms with Gasteiger partial charge in [-0.25, -0.2) is 4.98 Å². The third kappa shape index (κ3) is 2.80. The summed E-state index contributed by atoms with van der Waals surface area (Å²) in [6.45, 7) is 3.35. The smallest absolute Gasteiger partial charge is 0.188 e. The molecule has 2 aromatic rings. The minimum atomic E-state index is 0.615. The van der Waals surface area contributed by atoms with Gasteiger partial charge in [0.15, 0.2) is 5.82 Å². The lowest BCUT2D eigenvalue weighted by atomic mass is 10.4. The molecule has 0 radical (unpaired) electrons. The minimum Gasteiger partial charge on any atom is -0.304 e. The van der Waals surface area contributed by atoms with Gasteiger partial charge in [-0.2, -0.15) is 4.80 Å². The van der Waals surface area contributed by atoms with Crippen LogP contribution in [0.2, 0.25) is 0 Å². The van der Waals surface area contributed by atoms with Crippen LogP contribution in [0.5, 0.6) is 0 Å². The Morgan fingerprint density at radius 3 is 2.93 bits per heavy atom. The molecule has 0 bridgehead atoms. The highest BCUT2D eigenvalue weighted by Crippen LogP contribution is 2.07. The molecule has 0 amide bonds. The molecule has 0 fully saturated rings. The van der Waals surface area contributed by atoms with Crippen molar-refractivity contribution in [2.75, 3.05) is 0 Å². The monoisotopic (exact) mass is 224 g/mol. The van der Waals surface area contributed by atoms with Crippen molar-refractivity contribution in [3.8, 4) is 0 Å². The van der Waals surface area contributed by atoms with E-state index in [1.165, 1.54) is 4.80 Å². The van der Waals surface area contributed by atoms with Gasteiger partial charge in [-0.3, -0.25) is 0 Å². The Morgan fingerprint density at radius 1 is 1.47 bits per heavy atom. The molecule has 2 rings (SSSR count). The van der Waals surface area contributed by atoms with Crippen molar-refractivity contribution in [3.63, 3.8) is 0 Å². The van der Waals surface area contributed by atoms with Gasteiger partial charge in [-0.15, -0.1) is 21.5 Å². The molecule has 0 aliphatic heterocycles. The van der Waals surface area contributed by atoms with Crippen molar-refractivity contribution in [2.45, 2.75) is 20.0 Å². The average Bonchev–Trinajstić information content (AvgIpc) is 2.76. The summed E-state index contributed by atoms with van der Waals surface area (Å²) in [6.07, 6.45) is 0. The summed E-state index contributed by atoms with van der Waals surface area (Å²) in [4.78, 5) is 5.79. The summed E-state index contributed by atoms with van der Waals surface area (Å²) >= 11 is 1.66. The number of aryl methyl sites for hydroxylation is 2. The predicted octanol–water partition coefficient (Wildman–Crippen LogP) is 0.265. The largest absolute Gasteiger partial charge is 0.304 e. The fraction of sp³-hybridized carbons (Fsp3) is 0.500. The van der Waals surface area contributed by atoms with E-state index in [2.05, 4.69) is 25.7 Å². The lowest BCUT2D eigenvalue weighted by Crippen LogP contribution is -2.14. The Morgan fingerprint density at radius 2 is 2.33 bits per heavy atom. The van der Waals surface area contributed by atoms with Crippen LogP contribution < -0.4 is 5.32 Å². The number of tetrazole rings is 1. The zero-order chi connectivity index (χ0) is 10.7. The van der Waals surface area contributed by atoms with Gasteiger partial charge >= 0.3 is 0 Å². The first kappa shape index (κ1) is 10.2. The Hall–Kier alpha value is -1.34. The van der Waals surface area contributed by atoms with Gasteiger partial charge in [0, 0.05) is 11.9 Å². The third-order valence-electron chi connectivity index (χ3n) is 1.81. The Labute approximate surface area is 91.3 Å². The van der Waals surface area contributed by atoms with E-state index < -0.39 is 0 Å². The first-order chi connectivity index (χ1) is 7.24. The number of thiazole rings is 1. The van der Waals surface area contributed by atoms with E-state index in [9.17, 15) is 0 Å². The molecule has 2 heterocycles. The lowest BCUT2D eigenvalue weighted by Gasteiger charge is -1.97. The SMILES string of the molecule is Cc1nc(CNCc2nnn(C)n2)cs1. The summed E-state index contributed by atoms with van der Waals surface area (Å²) < 4.78 is 0. The number of hydrogen-bond donors (Lipinski definition) is 1. The highest BCUT2D eigenvalue weighted by molar-refractivity contribution is 7.09. The zero-order valence-electron chi connectivity index (χ0n) is 8.64. The molecule has 0 saturated heterocycles. The summed E-state index contributed by atoms with van der Waals surface area (Å²) in [7, 11) is 1.75. The molecule has 15 heavy (non-hydrogen) atoms. The molecular weight excluding hydrogens is 212 g/mol. The molecule has 0 saturated carbocycles. The number of nitrogens with zero attached hydrogens (tertiary/aromatic N) is 5. The van der Waals surface area contributed by atoms with E-state index in [0.717, 1.165) is 17.2 Å². The zero-order valence-corrected chi connectivity index (χ0v) is 9.45. The van der Waals surface area contributed by atoms with E-state index in [0.29, 0.717) is 12.4 Å². The van der Waals surface area contributed by atoms with Crippen LogP contribution in [-0.2, 0) is 20.1 Å². The van der Waals surface area contributed by atoms with Crippen molar-refractivity contribution in [1.29, 1.82) is 0 Å². The molecular formula is C8H12N6S. The first-order valence-corrected chi connectivity index (χ1v) is 5.46. The van der Waals surface area contributed by atoms with Gasteiger partial charge in [0.1, 0.15) is 0 Å². The van der Waals surface area contributed by atoms with Crippen LogP contribution in [0, 0.1) is 6.92 Å². The number of rotatable bonds is 4. The standard InChI is InChI=1S/C8H12N6S/c1-6-10-7(5-15-6)3-9-4-8-11-13-14(2)12-8/h5,9H,3-4H2,1-2H3. The molecule has 0 spiro atoms. The molecule has 0 aliphatic rings. The summed E-state index contributed by atoms with van der Waals surface area (Å²) in [5, 5.41) is 18.0. The molecule has 0 aliphatic carbocycles. The highest BCUT2D eigenvalue weighted by atomic mass is 32.1. The van der Waals surface area contributed by atoms with Crippen LogP contribution in [0.4, 0.5) is 0 Å². The lowest BCUT2D eigenvalue weighted by molar-refractivity contribution is 0.618. The van der Waals surface area contributed by atoms with E-state index >= 15 is 0 Å². The van der Waals surface area contributed by atoms with Crippen molar-refractivity contribution in [1.82, 2.24) is 30.5 Å². The second-order valence-corrected chi connectivity index (χ2v) is 4.22. The Balaban J connectivity index is 1.80. The molecule has 1 N–H and O–H groups in total. The van der Waals surface area contributed by atoms with Crippen LogP contribution >= 0.6 is 11.3 Å². The highest BCUT2D eigenvalue weighted by Gasteiger charge is 2.01. The maximum atomic E-state index is 4.34. The molecule has 6 nitrogen and oxygen atoms in total. The number of aromatic nitrogens is 5. The second-order valence-electron chi connectivity index (χ2n) is 3.16. The Kier molecular flexibility index (Phi) is 3.02. The van der Waals surface area contributed by atoms with Crippen LogP contribution in [0.25, 0.3) is 0 Å². The summed E-state index contributed by atoms with van der Waals surface area (Å²) in [5.74, 6) is 0.699. The molecule has 7 heteroatoms. The van der Waals surface area contributed by atoms with Gasteiger partial charge in [-0.05, 0) is 12.1 Å². The minimum absolute atomic E-state index is 0.615. The van der Waals surface area contributed by atoms with Gasteiger partial charge < -0.3 is 5.32 Å². The number of nitrogens with one attached hydrogen (secondary N) is 1. The fourth-order valence-electron chi connectivity index (χ4n) is 1.19. The summed E-state index contributed by atoms with van der Waals surface area (Å²) in [6, 6.07) is 0. The van der Waals surface area contributed by atoms with Crippen LogP contribution in [-0.4, -0.2) is 25.2 Å². The molecule has 0 aromatic carbocycles.